The number of carbonyl (C=O) groups excluding carboxylic acids is 3. The maximum atomic E-state index is 13.5. The van der Waals surface area contributed by atoms with Crippen LogP contribution in [0.1, 0.15) is 61.2 Å². The fourth-order valence-electron chi connectivity index (χ4n) is 6.62. The number of primary amides is 1. The van der Waals surface area contributed by atoms with Crippen molar-refractivity contribution in [1.82, 2.24) is 38.8 Å². The summed E-state index contributed by atoms with van der Waals surface area (Å²) in [5.41, 5.74) is 11.4. The summed E-state index contributed by atoms with van der Waals surface area (Å²) in [6.45, 7) is 12.0. The lowest BCUT2D eigenvalue weighted by Gasteiger charge is -2.27. The molecule has 1 fully saturated rings. The van der Waals surface area contributed by atoms with Gasteiger partial charge in [-0.25, -0.2) is 15.0 Å². The van der Waals surface area contributed by atoms with Crippen molar-refractivity contribution in [3.63, 3.8) is 0 Å². The first kappa shape index (κ1) is 35.3. The predicted molar refractivity (Wildman–Crippen MR) is 198 cm³/mol. The van der Waals surface area contributed by atoms with E-state index in [1.54, 1.807) is 42.8 Å². The number of para-hydroxylation sites is 1. The number of hydrogen-bond acceptors (Lipinski definition) is 10. The molecule has 1 saturated heterocycles. The van der Waals surface area contributed by atoms with Crippen molar-refractivity contribution in [2.75, 3.05) is 36.9 Å². The molecule has 0 radical (unpaired) electrons. The first-order valence-electron chi connectivity index (χ1n) is 17.4. The van der Waals surface area contributed by atoms with Crippen LogP contribution in [0.15, 0.2) is 59.0 Å². The Morgan fingerprint density at radius 3 is 2.32 bits per heavy atom. The Bertz CT molecular complexity index is 2370. The van der Waals surface area contributed by atoms with Crippen molar-refractivity contribution in [2.45, 2.75) is 53.9 Å². The molecule has 0 spiro atoms. The highest BCUT2D eigenvalue weighted by molar-refractivity contribution is 6.04. The van der Waals surface area contributed by atoms with Crippen LogP contribution in [0.3, 0.4) is 0 Å². The lowest BCUT2D eigenvalue weighted by molar-refractivity contribution is 0.0343. The zero-order valence-electron chi connectivity index (χ0n) is 30.0. The number of nitrogens with one attached hydrogen (secondary N) is 2. The Morgan fingerprint density at radius 2 is 1.60 bits per heavy atom. The van der Waals surface area contributed by atoms with Crippen LogP contribution in [0.25, 0.3) is 22.1 Å². The van der Waals surface area contributed by atoms with Gasteiger partial charge >= 0.3 is 0 Å². The van der Waals surface area contributed by atoms with Gasteiger partial charge in [0.1, 0.15) is 5.69 Å². The average Bonchev–Trinajstić information content (AvgIpc) is 3.89. The van der Waals surface area contributed by atoms with E-state index in [4.69, 9.17) is 19.9 Å². The predicted octanol–water partition coefficient (Wildman–Crippen LogP) is 4.21. The van der Waals surface area contributed by atoms with Crippen molar-refractivity contribution < 1.29 is 23.5 Å². The summed E-state index contributed by atoms with van der Waals surface area (Å²) >= 11 is 0. The Balaban J connectivity index is 1.21. The quantitative estimate of drug-likeness (QED) is 0.154. The molecule has 0 atom stereocenters. The Morgan fingerprint density at radius 1 is 0.887 bits per heavy atom. The van der Waals surface area contributed by atoms with E-state index in [0.29, 0.717) is 85.2 Å². The molecule has 7 rings (SSSR count). The van der Waals surface area contributed by atoms with Gasteiger partial charge in [0.2, 0.25) is 23.6 Å². The fraction of sp³-hybridized carbons (Fsp3) is 0.324. The van der Waals surface area contributed by atoms with Gasteiger partial charge in [-0.2, -0.15) is 5.10 Å². The van der Waals surface area contributed by atoms with E-state index in [1.807, 2.05) is 47.3 Å². The molecule has 4 N–H and O–H groups in total. The number of ether oxygens (including phenoxy) is 1. The van der Waals surface area contributed by atoms with Gasteiger partial charge in [0.25, 0.3) is 11.8 Å². The average molecular weight is 720 g/mol. The van der Waals surface area contributed by atoms with Crippen LogP contribution in [0.2, 0.25) is 0 Å². The Kier molecular flexibility index (Phi) is 9.88. The largest absolute Gasteiger partial charge is 0.436 e. The molecule has 3 amide bonds. The minimum atomic E-state index is -0.577. The molecule has 16 nitrogen and oxygen atoms in total. The van der Waals surface area contributed by atoms with Crippen LogP contribution >= 0.6 is 0 Å². The second kappa shape index (κ2) is 14.8. The highest BCUT2D eigenvalue weighted by Crippen LogP contribution is 2.27. The molecule has 274 valence electrons. The molecule has 0 saturated carbocycles. The van der Waals surface area contributed by atoms with E-state index in [9.17, 15) is 14.4 Å². The number of benzene rings is 2. The van der Waals surface area contributed by atoms with Gasteiger partial charge in [0.05, 0.1) is 46.7 Å². The van der Waals surface area contributed by atoms with Gasteiger partial charge in [-0.15, -0.1) is 0 Å². The number of nitrogens with zero attached hydrogens (tertiary/aromatic N) is 8. The van der Waals surface area contributed by atoms with Crippen LogP contribution in [0.4, 0.5) is 11.9 Å². The summed E-state index contributed by atoms with van der Waals surface area (Å²) < 4.78 is 16.6. The maximum absolute atomic E-state index is 13.5. The molecular weight excluding hydrogens is 678 g/mol. The molecule has 53 heavy (non-hydrogen) atoms. The standard InChI is InChI=1S/C37H41N11O5/c1-5-48-30(19-22(2)44-48)34(50)42-36-41-28-20-25(33(38)49)11-12-29(28)46(36)13-6-7-14-47-31-26(21-45-15-17-52-18-16-45)9-8-10-27(31)40-37(47)43-35(51)32-23(3)39-24(4)53-32/h6-12,19-20H,5,13-18,21H2,1-4H3,(H2,38,49)(H,40,43,51)(H,41,42,50). The van der Waals surface area contributed by atoms with Crippen LogP contribution in [-0.2, 0) is 30.9 Å². The summed E-state index contributed by atoms with van der Waals surface area (Å²) in [6, 6.07) is 12.7. The van der Waals surface area contributed by atoms with E-state index in [1.165, 1.54) is 0 Å². The Labute approximate surface area is 304 Å². The van der Waals surface area contributed by atoms with Crippen LogP contribution in [-0.4, -0.2) is 82.8 Å². The third-order valence-electron chi connectivity index (χ3n) is 9.12. The number of fused-ring (bicyclic) bond motifs is 2. The molecule has 4 aromatic heterocycles. The third kappa shape index (κ3) is 7.31. The van der Waals surface area contributed by atoms with Crippen molar-refractivity contribution in [3.05, 3.63) is 94.5 Å². The number of allylic oxidation sites excluding steroid dienone is 2. The molecule has 2 aromatic carbocycles. The van der Waals surface area contributed by atoms with E-state index in [-0.39, 0.29) is 11.7 Å². The number of carbonyl (C=O) groups is 3. The smallest absolute Gasteiger partial charge is 0.295 e. The van der Waals surface area contributed by atoms with Crippen molar-refractivity contribution in [3.8, 4) is 0 Å². The normalized spacial score (nSPS) is 13.7. The number of rotatable bonds is 12. The number of oxazole rings is 1. The molecular formula is C37H41N11O5. The van der Waals surface area contributed by atoms with E-state index in [0.717, 1.165) is 35.4 Å². The molecule has 0 bridgehead atoms. The summed E-state index contributed by atoms with van der Waals surface area (Å²) in [5, 5.41) is 10.3. The molecule has 1 aliphatic heterocycles. The number of aromatic nitrogens is 7. The summed E-state index contributed by atoms with van der Waals surface area (Å²) in [6.07, 6.45) is 3.92. The van der Waals surface area contributed by atoms with Gasteiger partial charge in [-0.05, 0) is 56.7 Å². The van der Waals surface area contributed by atoms with Crippen molar-refractivity contribution in [1.29, 1.82) is 0 Å². The Hall–Kier alpha value is -6.13. The van der Waals surface area contributed by atoms with Gasteiger partial charge in [0.15, 0.2) is 5.89 Å². The van der Waals surface area contributed by atoms with E-state index < -0.39 is 11.8 Å². The highest BCUT2D eigenvalue weighted by atomic mass is 16.5. The molecule has 5 heterocycles. The lowest BCUT2D eigenvalue weighted by Crippen LogP contribution is -2.35. The van der Waals surface area contributed by atoms with Crippen LogP contribution in [0, 0.1) is 20.8 Å². The van der Waals surface area contributed by atoms with Crippen molar-refractivity contribution >= 4 is 51.7 Å². The summed E-state index contributed by atoms with van der Waals surface area (Å²) in [7, 11) is 0. The molecule has 0 aliphatic carbocycles. The van der Waals surface area contributed by atoms with Crippen LogP contribution in [0.5, 0.6) is 0 Å². The first-order chi connectivity index (χ1) is 25.6. The number of nitrogens with two attached hydrogens (primary N) is 1. The second-order valence-corrected chi connectivity index (χ2v) is 12.8. The van der Waals surface area contributed by atoms with E-state index >= 15 is 0 Å². The summed E-state index contributed by atoms with van der Waals surface area (Å²) in [5.74, 6) is -0.201. The lowest BCUT2D eigenvalue weighted by atomic mass is 10.1. The zero-order valence-corrected chi connectivity index (χ0v) is 30.0. The third-order valence-corrected chi connectivity index (χ3v) is 9.12. The monoisotopic (exact) mass is 719 g/mol. The second-order valence-electron chi connectivity index (χ2n) is 12.8. The zero-order chi connectivity index (χ0) is 37.2. The van der Waals surface area contributed by atoms with E-state index in [2.05, 4.69) is 36.7 Å². The fourth-order valence-corrected chi connectivity index (χ4v) is 6.62. The SMILES string of the molecule is CCn1nc(C)cc1C(=O)Nc1nc2cc(C(N)=O)ccc2n1CC=CCn1c(NC(=O)c2oc(C)nc2C)nc2cccc(CN3CCOCC3)c21. The number of anilines is 2. The number of amides is 3. The van der Waals surface area contributed by atoms with Crippen molar-refractivity contribution in [2.24, 2.45) is 5.73 Å². The van der Waals surface area contributed by atoms with Gasteiger partial charge < -0.3 is 24.0 Å². The van der Waals surface area contributed by atoms with Gasteiger partial charge in [-0.3, -0.25) is 34.6 Å². The van der Waals surface area contributed by atoms with Gasteiger partial charge in [-0.1, -0.05) is 24.3 Å². The molecule has 1 aliphatic rings. The number of hydrogen-bond donors (Lipinski definition) is 3. The van der Waals surface area contributed by atoms with Crippen LogP contribution < -0.4 is 16.4 Å². The number of morpholine rings is 1. The molecule has 0 unspecified atom stereocenters. The minimum Gasteiger partial charge on any atom is -0.436 e. The molecule has 16 heteroatoms. The first-order valence-corrected chi connectivity index (χ1v) is 17.4. The minimum absolute atomic E-state index is 0.128. The summed E-state index contributed by atoms with van der Waals surface area (Å²) in [4.78, 5) is 54.9. The van der Waals surface area contributed by atoms with Gasteiger partial charge in [0, 0.05) is 51.8 Å². The number of imidazole rings is 2. The molecule has 6 aromatic rings. The number of aryl methyl sites for hydroxylation is 4. The topological polar surface area (TPSA) is 193 Å². The highest BCUT2D eigenvalue weighted by Gasteiger charge is 2.23. The maximum Gasteiger partial charge on any atom is 0.295 e.